The Morgan fingerprint density at radius 1 is 1.03 bits per heavy atom. The van der Waals surface area contributed by atoms with Crippen LogP contribution in [0.3, 0.4) is 0 Å². The number of esters is 1. The summed E-state index contributed by atoms with van der Waals surface area (Å²) in [4.78, 5) is 24.3. The minimum Gasteiger partial charge on any atom is -0.493 e. The van der Waals surface area contributed by atoms with E-state index in [4.69, 9.17) is 14.2 Å². The topological polar surface area (TPSA) is 73.9 Å². The molecule has 31 heavy (non-hydrogen) atoms. The Labute approximate surface area is 181 Å². The summed E-state index contributed by atoms with van der Waals surface area (Å²) < 4.78 is 29.5. The summed E-state index contributed by atoms with van der Waals surface area (Å²) in [6, 6.07) is 10.6. The van der Waals surface area contributed by atoms with Gasteiger partial charge in [0, 0.05) is 0 Å². The molecule has 2 aromatic rings. The van der Waals surface area contributed by atoms with Crippen molar-refractivity contribution in [1.82, 2.24) is 5.32 Å². The van der Waals surface area contributed by atoms with Crippen LogP contribution in [0.4, 0.5) is 4.39 Å². The molecule has 1 N–H and O–H groups in total. The molecule has 0 aliphatic carbocycles. The highest BCUT2D eigenvalue weighted by Gasteiger charge is 2.31. The number of benzene rings is 2. The number of allylic oxidation sites excluding steroid dienone is 2. The van der Waals surface area contributed by atoms with E-state index in [1.807, 2.05) is 13.8 Å². The van der Waals surface area contributed by atoms with Gasteiger partial charge in [0.2, 0.25) is 5.78 Å². The molecule has 0 aromatic heterocycles. The molecule has 0 spiro atoms. The SMILES string of the molecule is CC(C)=C1Oc2cccc(OCCCNCCCOC(=O)c3ccc(F)cc3)c2C1=O. The average molecular weight is 427 g/mol. The summed E-state index contributed by atoms with van der Waals surface area (Å²) in [5.74, 6) is 0.447. The van der Waals surface area contributed by atoms with E-state index < -0.39 is 5.97 Å². The lowest BCUT2D eigenvalue weighted by Gasteiger charge is -2.09. The zero-order chi connectivity index (χ0) is 22.2. The number of carbonyl (C=O) groups is 2. The van der Waals surface area contributed by atoms with Gasteiger partial charge in [-0.3, -0.25) is 4.79 Å². The third kappa shape index (κ3) is 5.92. The van der Waals surface area contributed by atoms with Gasteiger partial charge in [0.15, 0.2) is 5.76 Å². The molecule has 0 atom stereocenters. The number of ketones is 1. The maximum Gasteiger partial charge on any atom is 0.338 e. The minimum absolute atomic E-state index is 0.140. The predicted molar refractivity (Wildman–Crippen MR) is 114 cm³/mol. The van der Waals surface area contributed by atoms with E-state index in [-0.39, 0.29) is 18.2 Å². The van der Waals surface area contributed by atoms with Crippen LogP contribution in [0.2, 0.25) is 0 Å². The Hall–Kier alpha value is -3.19. The van der Waals surface area contributed by atoms with Gasteiger partial charge in [0.1, 0.15) is 22.9 Å². The van der Waals surface area contributed by atoms with Crippen molar-refractivity contribution in [3.63, 3.8) is 0 Å². The molecule has 7 heteroatoms. The van der Waals surface area contributed by atoms with Crippen molar-refractivity contribution in [3.8, 4) is 11.5 Å². The molecule has 0 fully saturated rings. The van der Waals surface area contributed by atoms with Gasteiger partial charge in [0.25, 0.3) is 0 Å². The second-order valence-electron chi connectivity index (χ2n) is 7.34. The molecular formula is C24H26FNO5. The maximum absolute atomic E-state index is 12.9. The molecule has 2 aromatic carbocycles. The van der Waals surface area contributed by atoms with Crippen molar-refractivity contribution in [2.45, 2.75) is 26.7 Å². The molecule has 0 amide bonds. The summed E-state index contributed by atoms with van der Waals surface area (Å²) in [5.41, 5.74) is 1.65. The summed E-state index contributed by atoms with van der Waals surface area (Å²) in [6.45, 7) is 5.84. The fourth-order valence-electron chi connectivity index (χ4n) is 3.07. The van der Waals surface area contributed by atoms with Gasteiger partial charge in [0.05, 0.1) is 18.8 Å². The average Bonchev–Trinajstić information content (AvgIpc) is 3.10. The van der Waals surface area contributed by atoms with Crippen molar-refractivity contribution in [2.75, 3.05) is 26.3 Å². The van der Waals surface area contributed by atoms with E-state index in [0.717, 1.165) is 18.5 Å². The fraction of sp³-hybridized carbons (Fsp3) is 0.333. The third-order valence-electron chi connectivity index (χ3n) is 4.65. The van der Waals surface area contributed by atoms with Gasteiger partial charge < -0.3 is 19.5 Å². The van der Waals surface area contributed by atoms with Crippen molar-refractivity contribution < 1.29 is 28.2 Å². The van der Waals surface area contributed by atoms with E-state index in [9.17, 15) is 14.0 Å². The first-order valence-electron chi connectivity index (χ1n) is 10.3. The lowest BCUT2D eigenvalue weighted by atomic mass is 10.1. The summed E-state index contributed by atoms with van der Waals surface area (Å²) in [6.07, 6.45) is 1.42. The van der Waals surface area contributed by atoms with Crippen LogP contribution in [-0.4, -0.2) is 38.1 Å². The van der Waals surface area contributed by atoms with Crippen molar-refractivity contribution in [1.29, 1.82) is 0 Å². The number of hydrogen-bond acceptors (Lipinski definition) is 6. The number of rotatable bonds is 10. The van der Waals surface area contributed by atoms with Crippen LogP contribution in [0, 0.1) is 5.82 Å². The molecule has 0 saturated heterocycles. The number of hydrogen-bond donors (Lipinski definition) is 1. The monoisotopic (exact) mass is 427 g/mol. The van der Waals surface area contributed by atoms with E-state index in [0.29, 0.717) is 48.0 Å². The van der Waals surface area contributed by atoms with E-state index in [1.54, 1.807) is 18.2 Å². The normalized spacial score (nSPS) is 12.4. The van der Waals surface area contributed by atoms with Crippen molar-refractivity contribution in [3.05, 3.63) is 70.7 Å². The highest BCUT2D eigenvalue weighted by Crippen LogP contribution is 2.38. The van der Waals surface area contributed by atoms with Crippen LogP contribution in [0.1, 0.15) is 47.4 Å². The second kappa shape index (κ2) is 10.7. The maximum atomic E-state index is 12.9. The Kier molecular flexibility index (Phi) is 7.78. The highest BCUT2D eigenvalue weighted by atomic mass is 19.1. The Balaban J connectivity index is 1.30. The number of Topliss-reactive ketones (excluding diaryl/α,β-unsaturated/α-hetero) is 1. The Morgan fingerprint density at radius 3 is 2.45 bits per heavy atom. The van der Waals surface area contributed by atoms with Gasteiger partial charge in [-0.15, -0.1) is 0 Å². The number of carbonyl (C=O) groups excluding carboxylic acids is 2. The first-order chi connectivity index (χ1) is 15.0. The summed E-state index contributed by atoms with van der Waals surface area (Å²) >= 11 is 0. The Morgan fingerprint density at radius 2 is 1.74 bits per heavy atom. The summed E-state index contributed by atoms with van der Waals surface area (Å²) in [5, 5.41) is 3.26. The van der Waals surface area contributed by atoms with Gasteiger partial charge in [-0.1, -0.05) is 6.07 Å². The largest absolute Gasteiger partial charge is 0.493 e. The third-order valence-corrected chi connectivity index (χ3v) is 4.65. The number of halogens is 1. The second-order valence-corrected chi connectivity index (χ2v) is 7.34. The molecule has 164 valence electrons. The zero-order valence-electron chi connectivity index (χ0n) is 17.7. The van der Waals surface area contributed by atoms with Gasteiger partial charge in [-0.2, -0.15) is 0 Å². The lowest BCUT2D eigenvalue weighted by Crippen LogP contribution is -2.20. The summed E-state index contributed by atoms with van der Waals surface area (Å²) in [7, 11) is 0. The standard InChI is InChI=1S/C24H26FNO5/c1-16(2)23-22(27)21-19(6-3-7-20(21)31-23)29-14-4-12-26-13-5-15-30-24(28)17-8-10-18(25)11-9-17/h3,6-11,26H,4-5,12-15H2,1-2H3. The van der Waals surface area contributed by atoms with Crippen molar-refractivity contribution >= 4 is 11.8 Å². The molecular weight excluding hydrogens is 401 g/mol. The van der Waals surface area contributed by atoms with Crippen LogP contribution in [0.15, 0.2) is 53.8 Å². The number of nitrogens with one attached hydrogen (secondary N) is 1. The van der Waals surface area contributed by atoms with Gasteiger partial charge in [-0.25, -0.2) is 9.18 Å². The smallest absolute Gasteiger partial charge is 0.338 e. The molecule has 1 heterocycles. The van der Waals surface area contributed by atoms with Gasteiger partial charge >= 0.3 is 5.97 Å². The molecule has 0 radical (unpaired) electrons. The Bertz CT molecular complexity index is 964. The van der Waals surface area contributed by atoms with E-state index in [1.165, 1.54) is 24.3 Å². The quantitative estimate of drug-likeness (QED) is 0.346. The molecule has 0 unspecified atom stereocenters. The van der Waals surface area contributed by atoms with Gasteiger partial charge in [-0.05, 0) is 81.7 Å². The minimum atomic E-state index is -0.460. The molecule has 3 rings (SSSR count). The molecule has 1 aliphatic rings. The molecule has 6 nitrogen and oxygen atoms in total. The van der Waals surface area contributed by atoms with Crippen molar-refractivity contribution in [2.24, 2.45) is 0 Å². The van der Waals surface area contributed by atoms with Crippen LogP contribution in [0.25, 0.3) is 0 Å². The molecule has 0 saturated carbocycles. The first kappa shape index (κ1) is 22.5. The predicted octanol–water partition coefficient (Wildman–Crippen LogP) is 4.30. The van der Waals surface area contributed by atoms with Crippen LogP contribution in [0.5, 0.6) is 11.5 Å². The van der Waals surface area contributed by atoms with E-state index >= 15 is 0 Å². The molecule has 0 bridgehead atoms. The lowest BCUT2D eigenvalue weighted by molar-refractivity contribution is 0.0500. The fourth-order valence-corrected chi connectivity index (χ4v) is 3.07. The van der Waals surface area contributed by atoms with Crippen LogP contribution < -0.4 is 14.8 Å². The number of fused-ring (bicyclic) bond motifs is 1. The molecule has 1 aliphatic heterocycles. The van der Waals surface area contributed by atoms with Crippen LogP contribution in [-0.2, 0) is 4.74 Å². The number of ether oxygens (including phenoxy) is 3. The first-order valence-corrected chi connectivity index (χ1v) is 10.3. The zero-order valence-corrected chi connectivity index (χ0v) is 17.7. The van der Waals surface area contributed by atoms with E-state index in [2.05, 4.69) is 5.32 Å². The highest BCUT2D eigenvalue weighted by molar-refractivity contribution is 6.14. The van der Waals surface area contributed by atoms with Crippen LogP contribution >= 0.6 is 0 Å².